The zero-order valence-corrected chi connectivity index (χ0v) is 7.10. The topological polar surface area (TPSA) is 43.8 Å². The summed E-state index contributed by atoms with van der Waals surface area (Å²) in [6.07, 6.45) is 3.02. The summed E-state index contributed by atoms with van der Waals surface area (Å²) < 4.78 is 2.20. The van der Waals surface area contributed by atoms with Gasteiger partial charge >= 0.3 is 0 Å². The quantitative estimate of drug-likeness (QED) is 0.700. The molecule has 0 saturated carbocycles. The molecule has 11 heavy (non-hydrogen) atoms. The van der Waals surface area contributed by atoms with Gasteiger partial charge in [0.2, 0.25) is 0 Å². The van der Waals surface area contributed by atoms with Gasteiger partial charge in [0.15, 0.2) is 5.16 Å². The third kappa shape index (κ3) is 1.28. The number of fused-ring (bicyclic) bond motifs is 1. The Hall–Kier alpha value is -0.480. The minimum absolute atomic E-state index is 0.696. The minimum atomic E-state index is 0.696. The highest BCUT2D eigenvalue weighted by atomic mass is 32.2. The molecule has 0 aliphatic carbocycles. The van der Waals surface area contributed by atoms with Gasteiger partial charge in [0, 0.05) is 24.9 Å². The highest BCUT2D eigenvalue weighted by Crippen LogP contribution is 2.24. The summed E-state index contributed by atoms with van der Waals surface area (Å²) in [5.74, 6) is 1.17. The van der Waals surface area contributed by atoms with Gasteiger partial charge in [0.1, 0.15) is 0 Å². The van der Waals surface area contributed by atoms with Gasteiger partial charge < -0.3 is 10.3 Å². The zero-order chi connectivity index (χ0) is 7.68. The van der Waals surface area contributed by atoms with Crippen LogP contribution >= 0.6 is 11.8 Å². The van der Waals surface area contributed by atoms with Crippen molar-refractivity contribution in [3.63, 3.8) is 0 Å². The lowest BCUT2D eigenvalue weighted by atomic mass is 10.3. The first kappa shape index (κ1) is 7.18. The number of aromatic nitrogens is 2. The lowest BCUT2D eigenvalue weighted by Crippen LogP contribution is -2.02. The van der Waals surface area contributed by atoms with Crippen molar-refractivity contribution in [2.45, 2.75) is 18.1 Å². The smallest absolute Gasteiger partial charge is 0.168 e. The van der Waals surface area contributed by atoms with Gasteiger partial charge in [-0.25, -0.2) is 4.98 Å². The summed E-state index contributed by atoms with van der Waals surface area (Å²) >= 11 is 1.83. The Bertz CT molecular complexity index is 235. The van der Waals surface area contributed by atoms with Crippen LogP contribution in [0.4, 0.5) is 0 Å². The monoisotopic (exact) mass is 169 g/mol. The SMILES string of the molecule is NCCc1cn2c(n1)SCC2. The van der Waals surface area contributed by atoms with Crippen molar-refractivity contribution in [1.29, 1.82) is 0 Å². The average Bonchev–Trinajstić information content (AvgIpc) is 2.46. The molecule has 0 atom stereocenters. The molecule has 2 N–H and O–H groups in total. The van der Waals surface area contributed by atoms with E-state index in [0.717, 1.165) is 23.8 Å². The Kier molecular flexibility index (Phi) is 1.87. The molecule has 1 aromatic heterocycles. The van der Waals surface area contributed by atoms with Crippen molar-refractivity contribution < 1.29 is 0 Å². The molecule has 3 nitrogen and oxygen atoms in total. The molecule has 0 aromatic carbocycles. The Labute approximate surface area is 70.0 Å². The fourth-order valence-electron chi connectivity index (χ4n) is 1.23. The number of thioether (sulfide) groups is 1. The maximum Gasteiger partial charge on any atom is 0.168 e. The molecule has 0 fully saturated rings. The van der Waals surface area contributed by atoms with Crippen molar-refractivity contribution >= 4 is 11.8 Å². The molecule has 0 spiro atoms. The molecule has 0 bridgehead atoms. The zero-order valence-electron chi connectivity index (χ0n) is 6.29. The molecule has 2 heterocycles. The summed E-state index contributed by atoms with van der Waals surface area (Å²) in [5.41, 5.74) is 6.56. The van der Waals surface area contributed by atoms with E-state index >= 15 is 0 Å². The minimum Gasteiger partial charge on any atom is -0.330 e. The standard InChI is InChI=1S/C7H11N3S/c8-2-1-6-5-10-3-4-11-7(10)9-6/h5H,1-4,8H2. The predicted octanol–water partition coefficient (Wildman–Crippen LogP) is 0.490. The Morgan fingerprint density at radius 1 is 1.73 bits per heavy atom. The van der Waals surface area contributed by atoms with E-state index in [2.05, 4.69) is 15.7 Å². The van der Waals surface area contributed by atoms with Crippen LogP contribution in [0.15, 0.2) is 11.4 Å². The van der Waals surface area contributed by atoms with E-state index < -0.39 is 0 Å². The Morgan fingerprint density at radius 3 is 3.36 bits per heavy atom. The third-order valence-corrected chi connectivity index (χ3v) is 2.72. The van der Waals surface area contributed by atoms with E-state index in [9.17, 15) is 0 Å². The van der Waals surface area contributed by atoms with Crippen LogP contribution < -0.4 is 5.73 Å². The van der Waals surface area contributed by atoms with Gasteiger partial charge in [-0.1, -0.05) is 11.8 Å². The molecule has 60 valence electrons. The lowest BCUT2D eigenvalue weighted by molar-refractivity contribution is 0.719. The Balaban J connectivity index is 2.20. The number of aryl methyl sites for hydroxylation is 1. The number of nitrogens with two attached hydrogens (primary N) is 1. The van der Waals surface area contributed by atoms with Crippen molar-refractivity contribution in [2.75, 3.05) is 12.3 Å². The fourth-order valence-corrected chi connectivity index (χ4v) is 2.19. The first-order valence-electron chi connectivity index (χ1n) is 3.79. The van der Waals surface area contributed by atoms with Crippen LogP contribution in [-0.2, 0) is 13.0 Å². The van der Waals surface area contributed by atoms with Crippen LogP contribution in [0.3, 0.4) is 0 Å². The number of hydrogen-bond acceptors (Lipinski definition) is 3. The molecule has 4 heteroatoms. The van der Waals surface area contributed by atoms with Gasteiger partial charge in [0.05, 0.1) is 5.69 Å². The van der Waals surface area contributed by atoms with Crippen LogP contribution in [0.2, 0.25) is 0 Å². The summed E-state index contributed by atoms with van der Waals surface area (Å²) in [5, 5.41) is 1.16. The van der Waals surface area contributed by atoms with Crippen molar-refractivity contribution in [2.24, 2.45) is 5.73 Å². The molecule has 1 aliphatic rings. The molecule has 0 saturated heterocycles. The van der Waals surface area contributed by atoms with Crippen LogP contribution in [0.5, 0.6) is 0 Å². The maximum atomic E-state index is 5.42. The van der Waals surface area contributed by atoms with E-state index in [1.54, 1.807) is 0 Å². The molecule has 0 unspecified atom stereocenters. The van der Waals surface area contributed by atoms with Gasteiger partial charge in [0.25, 0.3) is 0 Å². The fraction of sp³-hybridized carbons (Fsp3) is 0.571. The van der Waals surface area contributed by atoms with Crippen LogP contribution in [0.1, 0.15) is 5.69 Å². The normalized spacial score (nSPS) is 15.4. The number of hydrogen-bond donors (Lipinski definition) is 1. The van der Waals surface area contributed by atoms with E-state index in [1.165, 1.54) is 5.75 Å². The summed E-state index contributed by atoms with van der Waals surface area (Å²) in [6, 6.07) is 0. The van der Waals surface area contributed by atoms with E-state index in [0.29, 0.717) is 6.54 Å². The largest absolute Gasteiger partial charge is 0.330 e. The first-order valence-corrected chi connectivity index (χ1v) is 4.77. The van der Waals surface area contributed by atoms with E-state index in [-0.39, 0.29) is 0 Å². The number of nitrogens with zero attached hydrogens (tertiary/aromatic N) is 2. The molecule has 1 aromatic rings. The molecule has 0 amide bonds. The highest BCUT2D eigenvalue weighted by Gasteiger charge is 2.13. The first-order chi connectivity index (χ1) is 5.40. The van der Waals surface area contributed by atoms with E-state index in [4.69, 9.17) is 5.73 Å². The number of rotatable bonds is 2. The lowest BCUT2D eigenvalue weighted by Gasteiger charge is -1.90. The molecular formula is C7H11N3S. The van der Waals surface area contributed by atoms with Crippen LogP contribution in [0.25, 0.3) is 0 Å². The number of imidazole rings is 1. The van der Waals surface area contributed by atoms with Gasteiger partial charge in [-0.2, -0.15) is 0 Å². The van der Waals surface area contributed by atoms with Gasteiger partial charge in [-0.05, 0) is 6.54 Å². The molecule has 0 radical (unpaired) electrons. The summed E-state index contributed by atoms with van der Waals surface area (Å²) in [7, 11) is 0. The second-order valence-electron chi connectivity index (χ2n) is 2.60. The Morgan fingerprint density at radius 2 is 2.64 bits per heavy atom. The molecule has 2 rings (SSSR count). The van der Waals surface area contributed by atoms with Gasteiger partial charge in [-0.15, -0.1) is 0 Å². The molecular weight excluding hydrogens is 158 g/mol. The van der Waals surface area contributed by atoms with E-state index in [1.807, 2.05) is 11.8 Å². The summed E-state index contributed by atoms with van der Waals surface area (Å²) in [4.78, 5) is 4.43. The van der Waals surface area contributed by atoms with Crippen molar-refractivity contribution in [1.82, 2.24) is 9.55 Å². The summed E-state index contributed by atoms with van der Waals surface area (Å²) in [6.45, 7) is 1.80. The van der Waals surface area contributed by atoms with Crippen LogP contribution in [-0.4, -0.2) is 21.8 Å². The maximum absolute atomic E-state index is 5.42. The molecule has 1 aliphatic heterocycles. The van der Waals surface area contributed by atoms with Gasteiger partial charge in [-0.3, -0.25) is 0 Å². The predicted molar refractivity (Wildman–Crippen MR) is 45.7 cm³/mol. The second kappa shape index (κ2) is 2.87. The average molecular weight is 169 g/mol. The second-order valence-corrected chi connectivity index (χ2v) is 3.66. The highest BCUT2D eigenvalue weighted by molar-refractivity contribution is 7.99. The van der Waals surface area contributed by atoms with Crippen LogP contribution in [0, 0.1) is 0 Å². The van der Waals surface area contributed by atoms with Crippen molar-refractivity contribution in [3.8, 4) is 0 Å². The van der Waals surface area contributed by atoms with Crippen molar-refractivity contribution in [3.05, 3.63) is 11.9 Å². The third-order valence-electron chi connectivity index (χ3n) is 1.75.